The van der Waals surface area contributed by atoms with Crippen LogP contribution in [0.15, 0.2) is 18.3 Å². The lowest BCUT2D eigenvalue weighted by atomic mass is 9.86. The van der Waals surface area contributed by atoms with Gasteiger partial charge >= 0.3 is 0 Å². The highest BCUT2D eigenvalue weighted by Gasteiger charge is 2.23. The highest BCUT2D eigenvalue weighted by molar-refractivity contribution is 5.65. The molecule has 0 spiro atoms. The summed E-state index contributed by atoms with van der Waals surface area (Å²) < 4.78 is 0. The van der Waals surface area contributed by atoms with Crippen LogP contribution in [0.3, 0.4) is 0 Å². The van der Waals surface area contributed by atoms with E-state index in [1.54, 1.807) is 0 Å². The zero-order chi connectivity index (χ0) is 15.0. The van der Waals surface area contributed by atoms with Crippen LogP contribution in [0.4, 0.5) is 0 Å². The predicted molar refractivity (Wildman–Crippen MR) is 87.4 cm³/mol. The van der Waals surface area contributed by atoms with Crippen LogP contribution in [0, 0.1) is 20.8 Å². The SMILES string of the molecule is Cc1cc(C)c(-c2cnc(C3CCCC(N)C3)[nH]2)cc1C. The smallest absolute Gasteiger partial charge is 0.109 e. The monoisotopic (exact) mass is 283 g/mol. The highest BCUT2D eigenvalue weighted by Crippen LogP contribution is 2.32. The molecule has 0 bridgehead atoms. The average molecular weight is 283 g/mol. The molecule has 0 radical (unpaired) electrons. The Hall–Kier alpha value is -1.61. The Bertz CT molecular complexity index is 642. The van der Waals surface area contributed by atoms with E-state index in [9.17, 15) is 0 Å². The number of imidazole rings is 1. The number of aryl methyl sites for hydroxylation is 3. The number of aromatic nitrogens is 2. The summed E-state index contributed by atoms with van der Waals surface area (Å²) in [5.74, 6) is 1.60. The van der Waals surface area contributed by atoms with Gasteiger partial charge < -0.3 is 10.7 Å². The fourth-order valence-electron chi connectivity index (χ4n) is 3.41. The third kappa shape index (κ3) is 2.88. The number of H-pyrrole nitrogens is 1. The minimum atomic E-state index is 0.334. The van der Waals surface area contributed by atoms with Gasteiger partial charge in [-0.2, -0.15) is 0 Å². The first-order chi connectivity index (χ1) is 10.0. The predicted octanol–water partition coefficient (Wildman–Crippen LogP) is 3.99. The number of nitrogens with zero attached hydrogens (tertiary/aromatic N) is 1. The van der Waals surface area contributed by atoms with Gasteiger partial charge in [0.1, 0.15) is 5.82 Å². The fourth-order valence-corrected chi connectivity index (χ4v) is 3.41. The summed E-state index contributed by atoms with van der Waals surface area (Å²) in [6.07, 6.45) is 6.60. The van der Waals surface area contributed by atoms with E-state index >= 15 is 0 Å². The second-order valence-corrected chi connectivity index (χ2v) is 6.56. The molecule has 3 rings (SSSR count). The Labute approximate surface area is 127 Å². The molecule has 3 nitrogen and oxygen atoms in total. The molecule has 1 aromatic carbocycles. The van der Waals surface area contributed by atoms with Crippen molar-refractivity contribution in [2.45, 2.75) is 58.4 Å². The van der Waals surface area contributed by atoms with E-state index in [0.717, 1.165) is 24.4 Å². The van der Waals surface area contributed by atoms with Crippen molar-refractivity contribution in [1.82, 2.24) is 9.97 Å². The van der Waals surface area contributed by atoms with E-state index in [-0.39, 0.29) is 0 Å². The quantitative estimate of drug-likeness (QED) is 0.875. The molecule has 21 heavy (non-hydrogen) atoms. The van der Waals surface area contributed by atoms with Crippen molar-refractivity contribution in [1.29, 1.82) is 0 Å². The molecule has 1 saturated carbocycles. The van der Waals surface area contributed by atoms with Gasteiger partial charge in [-0.05, 0) is 62.8 Å². The maximum Gasteiger partial charge on any atom is 0.109 e. The highest BCUT2D eigenvalue weighted by atomic mass is 14.9. The lowest BCUT2D eigenvalue weighted by molar-refractivity contribution is 0.383. The zero-order valence-electron chi connectivity index (χ0n) is 13.2. The van der Waals surface area contributed by atoms with Crippen molar-refractivity contribution in [3.05, 3.63) is 40.8 Å². The standard InChI is InChI=1S/C18H25N3/c1-11-7-13(3)16(8-12(11)2)17-10-20-18(21-17)14-5-4-6-15(19)9-14/h7-8,10,14-15H,4-6,9,19H2,1-3H3,(H,20,21). The third-order valence-corrected chi connectivity index (χ3v) is 4.83. The van der Waals surface area contributed by atoms with Gasteiger partial charge in [-0.1, -0.05) is 12.5 Å². The maximum atomic E-state index is 6.10. The third-order valence-electron chi connectivity index (χ3n) is 4.83. The average Bonchev–Trinajstić information content (AvgIpc) is 2.92. The molecule has 1 aliphatic carbocycles. The molecule has 0 amide bonds. The number of hydrogen-bond donors (Lipinski definition) is 2. The molecule has 1 aromatic heterocycles. The maximum absolute atomic E-state index is 6.10. The number of nitrogens with two attached hydrogens (primary N) is 1. The first-order valence-electron chi connectivity index (χ1n) is 7.93. The Morgan fingerprint density at radius 1 is 1.10 bits per heavy atom. The largest absolute Gasteiger partial charge is 0.342 e. The molecule has 1 aliphatic rings. The Kier molecular flexibility index (Phi) is 3.85. The Morgan fingerprint density at radius 2 is 1.86 bits per heavy atom. The topological polar surface area (TPSA) is 54.7 Å². The molecule has 0 aliphatic heterocycles. The van der Waals surface area contributed by atoms with Gasteiger partial charge in [-0.15, -0.1) is 0 Å². The number of benzene rings is 1. The van der Waals surface area contributed by atoms with Crippen LogP contribution in [0.2, 0.25) is 0 Å². The number of rotatable bonds is 2. The van der Waals surface area contributed by atoms with Crippen LogP contribution in [0.1, 0.15) is 54.1 Å². The molecule has 112 valence electrons. The molecule has 3 N–H and O–H groups in total. The summed E-state index contributed by atoms with van der Waals surface area (Å²) in [7, 11) is 0. The van der Waals surface area contributed by atoms with E-state index in [4.69, 9.17) is 5.73 Å². The van der Waals surface area contributed by atoms with Crippen LogP contribution in [0.5, 0.6) is 0 Å². The molecule has 0 saturated heterocycles. The van der Waals surface area contributed by atoms with Gasteiger partial charge in [-0.25, -0.2) is 4.98 Å². The molecule has 1 heterocycles. The molecule has 1 fully saturated rings. The van der Waals surface area contributed by atoms with Crippen LogP contribution in [-0.4, -0.2) is 16.0 Å². The molecule has 3 heteroatoms. The van der Waals surface area contributed by atoms with E-state index in [0.29, 0.717) is 12.0 Å². The van der Waals surface area contributed by atoms with Crippen LogP contribution < -0.4 is 5.73 Å². The van der Waals surface area contributed by atoms with Crippen molar-refractivity contribution in [3.63, 3.8) is 0 Å². The minimum absolute atomic E-state index is 0.334. The van der Waals surface area contributed by atoms with Crippen molar-refractivity contribution >= 4 is 0 Å². The van der Waals surface area contributed by atoms with Gasteiger partial charge in [0.25, 0.3) is 0 Å². The normalized spacial score (nSPS) is 22.5. The molecule has 2 unspecified atom stereocenters. The zero-order valence-corrected chi connectivity index (χ0v) is 13.2. The fraction of sp³-hybridized carbons (Fsp3) is 0.500. The van der Waals surface area contributed by atoms with Crippen molar-refractivity contribution < 1.29 is 0 Å². The summed E-state index contributed by atoms with van der Waals surface area (Å²) >= 11 is 0. The summed E-state index contributed by atoms with van der Waals surface area (Å²) in [5, 5.41) is 0. The van der Waals surface area contributed by atoms with E-state index < -0.39 is 0 Å². The van der Waals surface area contributed by atoms with Gasteiger partial charge in [-0.3, -0.25) is 0 Å². The lowest BCUT2D eigenvalue weighted by Crippen LogP contribution is -2.27. The van der Waals surface area contributed by atoms with Crippen molar-refractivity contribution in [3.8, 4) is 11.3 Å². The van der Waals surface area contributed by atoms with Crippen molar-refractivity contribution in [2.24, 2.45) is 5.73 Å². The number of nitrogens with one attached hydrogen (secondary N) is 1. The van der Waals surface area contributed by atoms with Gasteiger partial charge in [0.2, 0.25) is 0 Å². The summed E-state index contributed by atoms with van der Waals surface area (Å²) in [4.78, 5) is 8.17. The Morgan fingerprint density at radius 3 is 2.62 bits per heavy atom. The first kappa shape index (κ1) is 14.3. The van der Waals surface area contributed by atoms with Crippen molar-refractivity contribution in [2.75, 3.05) is 0 Å². The van der Waals surface area contributed by atoms with E-state index in [1.807, 2.05) is 6.20 Å². The van der Waals surface area contributed by atoms with E-state index in [2.05, 4.69) is 42.9 Å². The number of aromatic amines is 1. The second kappa shape index (κ2) is 5.64. The van der Waals surface area contributed by atoms with Crippen LogP contribution in [0.25, 0.3) is 11.3 Å². The molecule has 2 atom stereocenters. The van der Waals surface area contributed by atoms with Gasteiger partial charge in [0.05, 0.1) is 11.9 Å². The van der Waals surface area contributed by atoms with Crippen LogP contribution in [-0.2, 0) is 0 Å². The number of hydrogen-bond acceptors (Lipinski definition) is 2. The Balaban J connectivity index is 1.90. The second-order valence-electron chi connectivity index (χ2n) is 6.56. The van der Waals surface area contributed by atoms with Gasteiger partial charge in [0, 0.05) is 17.5 Å². The molecule has 2 aromatic rings. The summed E-state index contributed by atoms with van der Waals surface area (Å²) in [6.45, 7) is 6.49. The first-order valence-corrected chi connectivity index (χ1v) is 7.93. The minimum Gasteiger partial charge on any atom is -0.342 e. The van der Waals surface area contributed by atoms with E-state index in [1.165, 1.54) is 35.1 Å². The summed E-state index contributed by atoms with van der Waals surface area (Å²) in [5.41, 5.74) is 12.5. The lowest BCUT2D eigenvalue weighted by Gasteiger charge is -2.24. The summed E-state index contributed by atoms with van der Waals surface area (Å²) in [6, 6.07) is 4.84. The van der Waals surface area contributed by atoms with Crippen LogP contribution >= 0.6 is 0 Å². The van der Waals surface area contributed by atoms with Gasteiger partial charge in [0.15, 0.2) is 0 Å². The molecular formula is C18H25N3. The molecular weight excluding hydrogens is 258 g/mol.